The number of ether oxygens (including phenoxy) is 2. The first-order valence-corrected chi connectivity index (χ1v) is 10.5. The smallest absolute Gasteiger partial charge is 0.340 e. The predicted octanol–water partition coefficient (Wildman–Crippen LogP) is 3.51. The fourth-order valence-electron chi connectivity index (χ4n) is 2.62. The van der Waals surface area contributed by atoms with E-state index in [1.165, 1.54) is 34.6 Å². The van der Waals surface area contributed by atoms with Crippen molar-refractivity contribution >= 4 is 39.2 Å². The molecule has 2 aromatic rings. The van der Waals surface area contributed by atoms with Crippen LogP contribution in [0.1, 0.15) is 15.9 Å². The minimum Gasteiger partial charge on any atom is -0.457 e. The van der Waals surface area contributed by atoms with E-state index in [0.29, 0.717) is 5.56 Å². The van der Waals surface area contributed by atoms with Crippen molar-refractivity contribution in [1.29, 1.82) is 0 Å². The number of esters is 1. The summed E-state index contributed by atoms with van der Waals surface area (Å²) in [6.45, 7) is 0.800. The number of sulfonamides is 1. The van der Waals surface area contributed by atoms with Crippen molar-refractivity contribution in [1.82, 2.24) is 4.31 Å². The zero-order valence-corrected chi connectivity index (χ0v) is 16.9. The molecule has 10 heteroatoms. The Hall–Kier alpha value is -1.71. The lowest BCUT2D eigenvalue weighted by Gasteiger charge is -2.26. The fraction of sp³-hybridized carbons (Fsp3) is 0.278. The normalized spacial score (nSPS) is 15.4. The maximum Gasteiger partial charge on any atom is 0.340 e. The molecule has 0 unspecified atom stereocenters. The molecule has 0 amide bonds. The van der Waals surface area contributed by atoms with Gasteiger partial charge in [0.25, 0.3) is 0 Å². The quantitative estimate of drug-likeness (QED) is 0.655. The van der Waals surface area contributed by atoms with E-state index in [4.69, 9.17) is 32.7 Å². The topological polar surface area (TPSA) is 72.9 Å². The van der Waals surface area contributed by atoms with Crippen molar-refractivity contribution in [2.75, 3.05) is 26.3 Å². The Kier molecular flexibility index (Phi) is 6.57. The first-order chi connectivity index (χ1) is 13.3. The van der Waals surface area contributed by atoms with Crippen LogP contribution >= 0.6 is 23.2 Å². The predicted molar refractivity (Wildman–Crippen MR) is 102 cm³/mol. The third kappa shape index (κ3) is 4.64. The first kappa shape index (κ1) is 21.0. The Labute approximate surface area is 171 Å². The van der Waals surface area contributed by atoms with E-state index in [2.05, 4.69) is 0 Å². The maximum atomic E-state index is 12.9. The second kappa shape index (κ2) is 8.75. The van der Waals surface area contributed by atoms with Crippen LogP contribution in [-0.4, -0.2) is 45.0 Å². The Balaban J connectivity index is 1.84. The highest BCUT2D eigenvalue weighted by Gasteiger charge is 2.30. The lowest BCUT2D eigenvalue weighted by Crippen LogP contribution is -2.40. The van der Waals surface area contributed by atoms with Crippen LogP contribution in [0.3, 0.4) is 0 Å². The molecule has 0 saturated carbocycles. The molecule has 2 aromatic carbocycles. The molecule has 0 bridgehead atoms. The number of halogens is 3. The molecule has 1 aliphatic heterocycles. The molecule has 1 heterocycles. The van der Waals surface area contributed by atoms with Crippen LogP contribution in [0.2, 0.25) is 10.0 Å². The summed E-state index contributed by atoms with van der Waals surface area (Å²) >= 11 is 12.2. The van der Waals surface area contributed by atoms with Crippen LogP contribution in [0.4, 0.5) is 4.39 Å². The highest BCUT2D eigenvalue weighted by molar-refractivity contribution is 7.89. The zero-order valence-electron chi connectivity index (χ0n) is 14.5. The minimum absolute atomic E-state index is 0.0324. The molecule has 28 heavy (non-hydrogen) atoms. The van der Waals surface area contributed by atoms with Gasteiger partial charge in [0.1, 0.15) is 17.3 Å². The van der Waals surface area contributed by atoms with E-state index in [-0.39, 0.29) is 53.4 Å². The lowest BCUT2D eigenvalue weighted by molar-refractivity contribution is 0.0472. The van der Waals surface area contributed by atoms with Crippen molar-refractivity contribution in [2.24, 2.45) is 0 Å². The number of carbonyl (C=O) groups excluding carboxylic acids is 1. The summed E-state index contributed by atoms with van der Waals surface area (Å²) in [7, 11) is -3.92. The minimum atomic E-state index is -3.92. The standard InChI is InChI=1S/C18H16Cl2FNO5S/c19-15-10-16(20)17(28(24,25)22-5-7-26-8-6-22)9-14(15)18(23)27-11-12-1-3-13(21)4-2-12/h1-4,9-10H,5-8,11H2. The third-order valence-electron chi connectivity index (χ3n) is 4.11. The SMILES string of the molecule is O=C(OCc1ccc(F)cc1)c1cc(S(=O)(=O)N2CCOCC2)c(Cl)cc1Cl. The summed E-state index contributed by atoms with van der Waals surface area (Å²) in [5.41, 5.74) is 0.445. The Morgan fingerprint density at radius 3 is 2.39 bits per heavy atom. The van der Waals surface area contributed by atoms with Crippen LogP contribution in [0.15, 0.2) is 41.3 Å². The van der Waals surface area contributed by atoms with Gasteiger partial charge in [0.15, 0.2) is 0 Å². The molecular weight excluding hydrogens is 432 g/mol. The second-order valence-corrected chi connectivity index (χ2v) is 8.70. The maximum absolute atomic E-state index is 12.9. The van der Waals surface area contributed by atoms with Crippen molar-refractivity contribution in [2.45, 2.75) is 11.5 Å². The van der Waals surface area contributed by atoms with Gasteiger partial charge in [0.05, 0.1) is 28.8 Å². The van der Waals surface area contributed by atoms with Crippen LogP contribution in [0, 0.1) is 5.82 Å². The van der Waals surface area contributed by atoms with Crippen molar-refractivity contribution in [3.8, 4) is 0 Å². The molecule has 0 aromatic heterocycles. The van der Waals surface area contributed by atoms with Crippen LogP contribution in [0.25, 0.3) is 0 Å². The zero-order chi connectivity index (χ0) is 20.3. The number of rotatable bonds is 5. The molecule has 6 nitrogen and oxygen atoms in total. The van der Waals surface area contributed by atoms with E-state index in [1.807, 2.05) is 0 Å². The van der Waals surface area contributed by atoms with Gasteiger partial charge in [-0.15, -0.1) is 0 Å². The molecule has 0 aliphatic carbocycles. The molecule has 3 rings (SSSR count). The van der Waals surface area contributed by atoms with Crippen molar-refractivity contribution in [3.05, 3.63) is 63.4 Å². The van der Waals surface area contributed by atoms with E-state index in [1.54, 1.807) is 0 Å². The van der Waals surface area contributed by atoms with Crippen LogP contribution < -0.4 is 0 Å². The molecule has 1 saturated heterocycles. The largest absolute Gasteiger partial charge is 0.457 e. The Bertz CT molecular complexity index is 976. The van der Waals surface area contributed by atoms with Crippen LogP contribution in [0.5, 0.6) is 0 Å². The molecule has 150 valence electrons. The fourth-order valence-corrected chi connectivity index (χ4v) is 4.85. The molecule has 0 N–H and O–H groups in total. The van der Waals surface area contributed by atoms with Gasteiger partial charge in [-0.2, -0.15) is 4.31 Å². The average Bonchev–Trinajstić information content (AvgIpc) is 2.68. The van der Waals surface area contributed by atoms with Crippen molar-refractivity contribution < 1.29 is 27.1 Å². The summed E-state index contributed by atoms with van der Waals surface area (Å²) in [6.07, 6.45) is 0. The molecule has 0 radical (unpaired) electrons. The second-order valence-electron chi connectivity index (χ2n) is 5.98. The van der Waals surface area contributed by atoms with E-state index < -0.39 is 21.8 Å². The van der Waals surface area contributed by atoms with Gasteiger partial charge in [0, 0.05) is 13.1 Å². The summed E-state index contributed by atoms with van der Waals surface area (Å²) in [5.74, 6) is -1.22. The molecular formula is C18H16Cl2FNO5S. The van der Waals surface area contributed by atoms with Gasteiger partial charge >= 0.3 is 5.97 Å². The number of hydrogen-bond acceptors (Lipinski definition) is 5. The molecule has 1 aliphatic rings. The molecule has 1 fully saturated rings. The highest BCUT2D eigenvalue weighted by Crippen LogP contribution is 2.31. The molecule has 0 atom stereocenters. The van der Waals surface area contributed by atoms with Gasteiger partial charge in [-0.05, 0) is 29.8 Å². The van der Waals surface area contributed by atoms with Gasteiger partial charge in [-0.25, -0.2) is 17.6 Å². The van der Waals surface area contributed by atoms with Crippen molar-refractivity contribution in [3.63, 3.8) is 0 Å². The van der Waals surface area contributed by atoms with E-state index >= 15 is 0 Å². The Morgan fingerprint density at radius 1 is 1.11 bits per heavy atom. The number of nitrogens with zero attached hydrogens (tertiary/aromatic N) is 1. The van der Waals surface area contributed by atoms with Crippen LogP contribution in [-0.2, 0) is 26.1 Å². The van der Waals surface area contributed by atoms with Gasteiger partial charge in [-0.1, -0.05) is 35.3 Å². The average molecular weight is 448 g/mol. The summed E-state index contributed by atoms with van der Waals surface area (Å²) in [5, 5.41) is -0.124. The summed E-state index contributed by atoms with van der Waals surface area (Å²) in [6, 6.07) is 7.74. The van der Waals surface area contributed by atoms with E-state index in [0.717, 1.165) is 6.07 Å². The number of benzene rings is 2. The van der Waals surface area contributed by atoms with Gasteiger partial charge in [-0.3, -0.25) is 0 Å². The third-order valence-corrected chi connectivity index (χ3v) is 6.79. The number of hydrogen-bond donors (Lipinski definition) is 0. The lowest BCUT2D eigenvalue weighted by atomic mass is 10.2. The number of morpholine rings is 1. The Morgan fingerprint density at radius 2 is 1.75 bits per heavy atom. The van der Waals surface area contributed by atoms with Gasteiger partial charge < -0.3 is 9.47 Å². The summed E-state index contributed by atoms with van der Waals surface area (Å²) < 4.78 is 50.2. The highest BCUT2D eigenvalue weighted by atomic mass is 35.5. The molecule has 0 spiro atoms. The summed E-state index contributed by atoms with van der Waals surface area (Å²) in [4.78, 5) is 12.2. The number of carbonyl (C=O) groups is 1. The first-order valence-electron chi connectivity index (χ1n) is 8.27. The van der Waals surface area contributed by atoms with Gasteiger partial charge in [0.2, 0.25) is 10.0 Å². The van der Waals surface area contributed by atoms with E-state index in [9.17, 15) is 17.6 Å². The monoisotopic (exact) mass is 447 g/mol.